The van der Waals surface area contributed by atoms with Crippen LogP contribution >= 0.6 is 11.6 Å². The standard InChI is InChI=1S/C15H21ClN2O/c1-11-8-14(16)6-5-13(11)9-17-12(2)10-18-7-3-4-15(18)19/h5-6,8,12,17H,3-4,7,9-10H2,1-2H3. The lowest BCUT2D eigenvalue weighted by atomic mass is 10.1. The number of likely N-dealkylation sites (tertiary alicyclic amines) is 1. The summed E-state index contributed by atoms with van der Waals surface area (Å²) in [5.41, 5.74) is 2.45. The second kappa shape index (κ2) is 6.40. The molecular formula is C15H21ClN2O. The average Bonchev–Trinajstić information content (AvgIpc) is 2.74. The van der Waals surface area contributed by atoms with Crippen molar-refractivity contribution in [2.24, 2.45) is 0 Å². The van der Waals surface area contributed by atoms with Gasteiger partial charge in [0, 0.05) is 37.1 Å². The van der Waals surface area contributed by atoms with Crippen molar-refractivity contribution in [2.75, 3.05) is 13.1 Å². The molecule has 19 heavy (non-hydrogen) atoms. The van der Waals surface area contributed by atoms with Crippen LogP contribution in [0, 0.1) is 6.92 Å². The number of aryl methyl sites for hydroxylation is 1. The summed E-state index contributed by atoms with van der Waals surface area (Å²) in [7, 11) is 0. The van der Waals surface area contributed by atoms with Crippen LogP contribution in [0.5, 0.6) is 0 Å². The molecule has 0 bridgehead atoms. The van der Waals surface area contributed by atoms with Crippen LogP contribution in [0.25, 0.3) is 0 Å². The molecule has 1 fully saturated rings. The predicted molar refractivity (Wildman–Crippen MR) is 78.3 cm³/mol. The lowest BCUT2D eigenvalue weighted by Gasteiger charge is -2.22. The Morgan fingerprint density at radius 3 is 2.89 bits per heavy atom. The van der Waals surface area contributed by atoms with E-state index in [0.29, 0.717) is 12.5 Å². The van der Waals surface area contributed by atoms with Crippen molar-refractivity contribution >= 4 is 17.5 Å². The fourth-order valence-electron chi connectivity index (χ4n) is 2.43. The SMILES string of the molecule is Cc1cc(Cl)ccc1CNC(C)CN1CCCC1=O. The number of hydrogen-bond donors (Lipinski definition) is 1. The largest absolute Gasteiger partial charge is 0.341 e. The summed E-state index contributed by atoms with van der Waals surface area (Å²) in [5.74, 6) is 0.288. The van der Waals surface area contributed by atoms with Crippen LogP contribution in [0.15, 0.2) is 18.2 Å². The minimum atomic E-state index is 0.288. The van der Waals surface area contributed by atoms with Gasteiger partial charge in [-0.3, -0.25) is 4.79 Å². The third kappa shape index (κ3) is 3.95. The van der Waals surface area contributed by atoms with E-state index in [2.05, 4.69) is 25.2 Å². The summed E-state index contributed by atoms with van der Waals surface area (Å²) < 4.78 is 0. The maximum atomic E-state index is 11.6. The highest BCUT2D eigenvalue weighted by Gasteiger charge is 2.21. The molecule has 2 rings (SSSR count). The number of nitrogens with zero attached hydrogens (tertiary/aromatic N) is 1. The smallest absolute Gasteiger partial charge is 0.222 e. The van der Waals surface area contributed by atoms with Gasteiger partial charge >= 0.3 is 0 Å². The molecule has 1 heterocycles. The van der Waals surface area contributed by atoms with Crippen LogP contribution in [-0.2, 0) is 11.3 Å². The zero-order valence-electron chi connectivity index (χ0n) is 11.6. The molecule has 1 aliphatic rings. The minimum Gasteiger partial charge on any atom is -0.341 e. The molecule has 104 valence electrons. The Kier molecular flexibility index (Phi) is 4.83. The topological polar surface area (TPSA) is 32.3 Å². The van der Waals surface area contributed by atoms with Gasteiger partial charge in [0.15, 0.2) is 0 Å². The molecule has 1 unspecified atom stereocenters. The van der Waals surface area contributed by atoms with Crippen LogP contribution in [0.2, 0.25) is 5.02 Å². The van der Waals surface area contributed by atoms with Crippen molar-refractivity contribution in [2.45, 2.75) is 39.3 Å². The first kappa shape index (κ1) is 14.4. The van der Waals surface area contributed by atoms with Crippen molar-refractivity contribution in [3.8, 4) is 0 Å². The molecular weight excluding hydrogens is 260 g/mol. The van der Waals surface area contributed by atoms with Gasteiger partial charge in [-0.1, -0.05) is 17.7 Å². The van der Waals surface area contributed by atoms with Crippen molar-refractivity contribution in [3.63, 3.8) is 0 Å². The molecule has 1 aromatic carbocycles. The van der Waals surface area contributed by atoms with Gasteiger partial charge in [-0.25, -0.2) is 0 Å². The first-order chi connectivity index (χ1) is 9.06. The Morgan fingerprint density at radius 2 is 2.26 bits per heavy atom. The molecule has 0 saturated carbocycles. The van der Waals surface area contributed by atoms with E-state index < -0.39 is 0 Å². The van der Waals surface area contributed by atoms with Crippen LogP contribution in [-0.4, -0.2) is 29.9 Å². The molecule has 1 aromatic rings. The fraction of sp³-hybridized carbons (Fsp3) is 0.533. The Labute approximate surface area is 119 Å². The van der Waals surface area contributed by atoms with E-state index in [1.54, 1.807) is 0 Å². The first-order valence-corrected chi connectivity index (χ1v) is 7.20. The van der Waals surface area contributed by atoms with E-state index in [9.17, 15) is 4.79 Å². The summed E-state index contributed by atoms with van der Waals surface area (Å²) in [6, 6.07) is 6.25. The number of hydrogen-bond acceptors (Lipinski definition) is 2. The maximum Gasteiger partial charge on any atom is 0.222 e. The van der Waals surface area contributed by atoms with Crippen LogP contribution in [0.4, 0.5) is 0 Å². The summed E-state index contributed by atoms with van der Waals surface area (Å²) in [6.07, 6.45) is 1.71. The van der Waals surface area contributed by atoms with Gasteiger partial charge < -0.3 is 10.2 Å². The van der Waals surface area contributed by atoms with E-state index in [-0.39, 0.29) is 5.91 Å². The molecule has 0 spiro atoms. The molecule has 0 aromatic heterocycles. The van der Waals surface area contributed by atoms with Crippen LogP contribution in [0.1, 0.15) is 30.9 Å². The highest BCUT2D eigenvalue weighted by atomic mass is 35.5. The Bertz CT molecular complexity index is 461. The number of benzene rings is 1. The number of nitrogens with one attached hydrogen (secondary N) is 1. The lowest BCUT2D eigenvalue weighted by molar-refractivity contribution is -0.127. The molecule has 4 heteroatoms. The normalized spacial score (nSPS) is 17.0. The fourth-order valence-corrected chi connectivity index (χ4v) is 2.66. The Balaban J connectivity index is 1.82. The highest BCUT2D eigenvalue weighted by molar-refractivity contribution is 6.30. The first-order valence-electron chi connectivity index (χ1n) is 6.82. The molecule has 1 atom stereocenters. The number of halogens is 1. The zero-order chi connectivity index (χ0) is 13.8. The van der Waals surface area contributed by atoms with Crippen LogP contribution in [0.3, 0.4) is 0 Å². The van der Waals surface area contributed by atoms with Gasteiger partial charge in [-0.05, 0) is 43.5 Å². The van der Waals surface area contributed by atoms with E-state index in [1.165, 1.54) is 11.1 Å². The zero-order valence-corrected chi connectivity index (χ0v) is 12.3. The van der Waals surface area contributed by atoms with E-state index in [0.717, 1.165) is 31.1 Å². The molecule has 1 aliphatic heterocycles. The van der Waals surface area contributed by atoms with Gasteiger partial charge in [0.05, 0.1) is 0 Å². The van der Waals surface area contributed by atoms with Crippen LogP contribution < -0.4 is 5.32 Å². The van der Waals surface area contributed by atoms with Crippen molar-refractivity contribution in [1.82, 2.24) is 10.2 Å². The van der Waals surface area contributed by atoms with E-state index >= 15 is 0 Å². The predicted octanol–water partition coefficient (Wildman–Crippen LogP) is 2.75. The van der Waals surface area contributed by atoms with Crippen molar-refractivity contribution < 1.29 is 4.79 Å². The third-order valence-electron chi connectivity index (χ3n) is 3.61. The lowest BCUT2D eigenvalue weighted by Crippen LogP contribution is -2.39. The highest BCUT2D eigenvalue weighted by Crippen LogP contribution is 2.15. The van der Waals surface area contributed by atoms with Crippen molar-refractivity contribution in [1.29, 1.82) is 0 Å². The van der Waals surface area contributed by atoms with Gasteiger partial charge in [0.2, 0.25) is 5.91 Å². The van der Waals surface area contributed by atoms with Gasteiger partial charge in [-0.2, -0.15) is 0 Å². The second-order valence-corrected chi connectivity index (χ2v) is 5.73. The maximum absolute atomic E-state index is 11.6. The van der Waals surface area contributed by atoms with E-state index in [1.807, 2.05) is 17.0 Å². The Morgan fingerprint density at radius 1 is 1.47 bits per heavy atom. The average molecular weight is 281 g/mol. The minimum absolute atomic E-state index is 0.288. The number of carbonyl (C=O) groups excluding carboxylic acids is 1. The third-order valence-corrected chi connectivity index (χ3v) is 3.85. The van der Waals surface area contributed by atoms with Gasteiger partial charge in [-0.15, -0.1) is 0 Å². The molecule has 1 saturated heterocycles. The summed E-state index contributed by atoms with van der Waals surface area (Å²) in [4.78, 5) is 13.5. The summed E-state index contributed by atoms with van der Waals surface area (Å²) >= 11 is 5.94. The molecule has 3 nitrogen and oxygen atoms in total. The molecule has 1 amide bonds. The van der Waals surface area contributed by atoms with Gasteiger partial charge in [0.1, 0.15) is 0 Å². The van der Waals surface area contributed by atoms with Gasteiger partial charge in [0.25, 0.3) is 0 Å². The Hall–Kier alpha value is -1.06. The number of amides is 1. The summed E-state index contributed by atoms with van der Waals surface area (Å²) in [5, 5.41) is 4.24. The monoisotopic (exact) mass is 280 g/mol. The van der Waals surface area contributed by atoms with E-state index in [4.69, 9.17) is 11.6 Å². The van der Waals surface area contributed by atoms with Crippen molar-refractivity contribution in [3.05, 3.63) is 34.3 Å². The quantitative estimate of drug-likeness (QED) is 0.899. The second-order valence-electron chi connectivity index (χ2n) is 5.30. The molecule has 0 radical (unpaired) electrons. The summed E-state index contributed by atoms with van der Waals surface area (Å²) in [6.45, 7) is 6.71. The molecule has 0 aliphatic carbocycles. The number of rotatable bonds is 5. The number of carbonyl (C=O) groups is 1. The molecule has 1 N–H and O–H groups in total.